The summed E-state index contributed by atoms with van der Waals surface area (Å²) in [4.78, 5) is 0. The maximum absolute atomic E-state index is 6.21. The van der Waals surface area contributed by atoms with E-state index in [1.807, 2.05) is 12.1 Å². The van der Waals surface area contributed by atoms with Crippen molar-refractivity contribution in [1.29, 1.82) is 0 Å². The lowest BCUT2D eigenvalue weighted by Gasteiger charge is -2.32. The average molecular weight is 253 g/mol. The first-order valence-electron chi connectivity index (χ1n) is 6.43. The number of benzene rings is 1. The highest BCUT2D eigenvalue weighted by Gasteiger charge is 2.24. The first kappa shape index (κ1) is 12.7. The molecule has 0 aromatic heterocycles. The summed E-state index contributed by atoms with van der Waals surface area (Å²) in [6.07, 6.45) is 5.03. The largest absolute Gasteiger partial charge is 0.381 e. The zero-order valence-corrected chi connectivity index (χ0v) is 11.1. The molecule has 1 aliphatic carbocycles. The van der Waals surface area contributed by atoms with Crippen LogP contribution in [0.1, 0.15) is 31.2 Å². The van der Waals surface area contributed by atoms with E-state index in [1.165, 1.54) is 31.2 Å². The van der Waals surface area contributed by atoms with Crippen LogP contribution in [0.15, 0.2) is 18.2 Å². The van der Waals surface area contributed by atoms with Crippen LogP contribution in [0.4, 0.5) is 5.69 Å². The third kappa shape index (κ3) is 3.14. The quantitative estimate of drug-likeness (QED) is 0.863. The minimum atomic E-state index is 0.480. The summed E-state index contributed by atoms with van der Waals surface area (Å²) in [5.41, 5.74) is 8.13. The third-order valence-corrected chi connectivity index (χ3v) is 4.00. The molecular weight excluding hydrogens is 232 g/mol. The van der Waals surface area contributed by atoms with Crippen LogP contribution in [0, 0.1) is 12.8 Å². The Morgan fingerprint density at radius 3 is 2.88 bits per heavy atom. The highest BCUT2D eigenvalue weighted by atomic mass is 35.5. The predicted octanol–water partition coefficient (Wildman–Crippen LogP) is 3.58. The van der Waals surface area contributed by atoms with Gasteiger partial charge in [0.1, 0.15) is 0 Å². The van der Waals surface area contributed by atoms with Gasteiger partial charge >= 0.3 is 0 Å². The van der Waals surface area contributed by atoms with E-state index in [0.29, 0.717) is 12.0 Å². The van der Waals surface area contributed by atoms with Gasteiger partial charge in [0.05, 0.1) is 10.7 Å². The molecule has 0 aliphatic heterocycles. The van der Waals surface area contributed by atoms with Crippen molar-refractivity contribution < 1.29 is 0 Å². The Bertz CT molecular complexity index is 378. The lowest BCUT2D eigenvalue weighted by Crippen LogP contribution is -2.36. The van der Waals surface area contributed by atoms with E-state index in [9.17, 15) is 0 Å². The Labute approximate surface area is 109 Å². The van der Waals surface area contributed by atoms with Crippen molar-refractivity contribution >= 4 is 17.3 Å². The van der Waals surface area contributed by atoms with Gasteiger partial charge in [-0.05, 0) is 49.9 Å². The topological polar surface area (TPSA) is 38.0 Å². The fourth-order valence-electron chi connectivity index (χ4n) is 2.63. The molecule has 2 atom stereocenters. The summed E-state index contributed by atoms with van der Waals surface area (Å²) in [5.74, 6) is 0.584. The van der Waals surface area contributed by atoms with Crippen molar-refractivity contribution in [3.63, 3.8) is 0 Å². The Morgan fingerprint density at radius 1 is 1.35 bits per heavy atom. The second kappa shape index (κ2) is 5.74. The van der Waals surface area contributed by atoms with Gasteiger partial charge < -0.3 is 11.1 Å². The fraction of sp³-hybridized carbons (Fsp3) is 0.571. The number of anilines is 1. The first-order chi connectivity index (χ1) is 8.20. The number of hydrogen-bond donors (Lipinski definition) is 2. The molecule has 0 spiro atoms. The molecule has 0 radical (unpaired) electrons. The van der Waals surface area contributed by atoms with Gasteiger partial charge in [-0.1, -0.05) is 30.5 Å². The summed E-state index contributed by atoms with van der Waals surface area (Å²) in [5, 5.41) is 4.38. The average Bonchev–Trinajstić information content (AvgIpc) is 2.34. The molecule has 1 aromatic rings. The Kier molecular flexibility index (Phi) is 4.30. The second-order valence-electron chi connectivity index (χ2n) is 5.01. The maximum atomic E-state index is 6.21. The standard InChI is InChI=1S/C14H21ClN2/c1-10-6-7-12(15)14(8-10)17-13-5-3-2-4-11(13)9-16/h6-8,11,13,17H,2-5,9,16H2,1H3. The van der Waals surface area contributed by atoms with Crippen LogP contribution in [0.5, 0.6) is 0 Å². The molecule has 3 heteroatoms. The van der Waals surface area contributed by atoms with Crippen LogP contribution in [-0.2, 0) is 0 Å². The molecule has 1 fully saturated rings. The summed E-state index contributed by atoms with van der Waals surface area (Å²) >= 11 is 6.21. The molecule has 1 saturated carbocycles. The number of hydrogen-bond acceptors (Lipinski definition) is 2. The van der Waals surface area contributed by atoms with Crippen LogP contribution >= 0.6 is 11.6 Å². The third-order valence-electron chi connectivity index (χ3n) is 3.67. The maximum Gasteiger partial charge on any atom is 0.0637 e. The summed E-state index contributed by atoms with van der Waals surface area (Å²) in [7, 11) is 0. The molecule has 3 N–H and O–H groups in total. The molecule has 1 aromatic carbocycles. The van der Waals surface area contributed by atoms with E-state index in [2.05, 4.69) is 18.3 Å². The predicted molar refractivity (Wildman–Crippen MR) is 74.6 cm³/mol. The van der Waals surface area contributed by atoms with E-state index in [4.69, 9.17) is 17.3 Å². The summed E-state index contributed by atoms with van der Waals surface area (Å²) < 4.78 is 0. The number of aryl methyl sites for hydroxylation is 1. The zero-order chi connectivity index (χ0) is 12.3. The van der Waals surface area contributed by atoms with Crippen molar-refractivity contribution in [3.8, 4) is 0 Å². The molecule has 1 aliphatic rings. The van der Waals surface area contributed by atoms with Gasteiger partial charge in [-0.3, -0.25) is 0 Å². The molecule has 94 valence electrons. The van der Waals surface area contributed by atoms with Crippen LogP contribution in [-0.4, -0.2) is 12.6 Å². The van der Waals surface area contributed by atoms with Crippen molar-refractivity contribution in [2.45, 2.75) is 38.6 Å². The molecule has 2 rings (SSSR count). The Morgan fingerprint density at radius 2 is 2.12 bits per heavy atom. The fourth-order valence-corrected chi connectivity index (χ4v) is 2.80. The number of nitrogens with one attached hydrogen (secondary N) is 1. The molecule has 0 bridgehead atoms. The van der Waals surface area contributed by atoms with E-state index in [-0.39, 0.29) is 0 Å². The van der Waals surface area contributed by atoms with Gasteiger partial charge in [0.15, 0.2) is 0 Å². The Hall–Kier alpha value is -0.730. The zero-order valence-electron chi connectivity index (χ0n) is 10.4. The number of rotatable bonds is 3. The van der Waals surface area contributed by atoms with E-state index in [0.717, 1.165) is 17.3 Å². The van der Waals surface area contributed by atoms with Gasteiger partial charge in [-0.25, -0.2) is 0 Å². The van der Waals surface area contributed by atoms with E-state index in [1.54, 1.807) is 0 Å². The molecule has 0 heterocycles. The molecule has 0 saturated heterocycles. The van der Waals surface area contributed by atoms with Crippen LogP contribution < -0.4 is 11.1 Å². The molecule has 2 unspecified atom stereocenters. The van der Waals surface area contributed by atoms with Crippen LogP contribution in [0.3, 0.4) is 0 Å². The SMILES string of the molecule is Cc1ccc(Cl)c(NC2CCCCC2CN)c1. The van der Waals surface area contributed by atoms with Crippen LogP contribution in [0.25, 0.3) is 0 Å². The lowest BCUT2D eigenvalue weighted by atomic mass is 9.84. The lowest BCUT2D eigenvalue weighted by molar-refractivity contribution is 0.332. The first-order valence-corrected chi connectivity index (χ1v) is 6.81. The van der Waals surface area contributed by atoms with Gasteiger partial charge in [-0.15, -0.1) is 0 Å². The molecular formula is C14H21ClN2. The summed E-state index contributed by atoms with van der Waals surface area (Å²) in [6.45, 7) is 2.85. The van der Waals surface area contributed by atoms with Crippen molar-refractivity contribution in [2.24, 2.45) is 11.7 Å². The van der Waals surface area contributed by atoms with Crippen LogP contribution in [0.2, 0.25) is 5.02 Å². The van der Waals surface area contributed by atoms with Gasteiger partial charge in [0.25, 0.3) is 0 Å². The smallest absolute Gasteiger partial charge is 0.0637 e. The molecule has 2 nitrogen and oxygen atoms in total. The van der Waals surface area contributed by atoms with E-state index < -0.39 is 0 Å². The molecule has 0 amide bonds. The normalized spacial score (nSPS) is 24.6. The highest BCUT2D eigenvalue weighted by molar-refractivity contribution is 6.33. The molecule has 17 heavy (non-hydrogen) atoms. The van der Waals surface area contributed by atoms with Gasteiger partial charge in [0.2, 0.25) is 0 Å². The monoisotopic (exact) mass is 252 g/mol. The number of nitrogens with two attached hydrogens (primary N) is 1. The second-order valence-corrected chi connectivity index (χ2v) is 5.42. The van der Waals surface area contributed by atoms with Crippen molar-refractivity contribution in [1.82, 2.24) is 0 Å². The highest BCUT2D eigenvalue weighted by Crippen LogP contribution is 2.30. The van der Waals surface area contributed by atoms with Crippen molar-refractivity contribution in [2.75, 3.05) is 11.9 Å². The minimum Gasteiger partial charge on any atom is -0.381 e. The van der Waals surface area contributed by atoms with Gasteiger partial charge in [0, 0.05) is 6.04 Å². The summed E-state index contributed by atoms with van der Waals surface area (Å²) in [6, 6.07) is 6.59. The van der Waals surface area contributed by atoms with Crippen molar-refractivity contribution in [3.05, 3.63) is 28.8 Å². The minimum absolute atomic E-state index is 0.480. The van der Waals surface area contributed by atoms with Gasteiger partial charge in [-0.2, -0.15) is 0 Å². The Balaban J connectivity index is 2.10. The van der Waals surface area contributed by atoms with E-state index >= 15 is 0 Å². The number of halogens is 1.